The van der Waals surface area contributed by atoms with E-state index in [1.807, 2.05) is 18.2 Å². The van der Waals surface area contributed by atoms with Gasteiger partial charge in [0.1, 0.15) is 11.9 Å². The molecule has 1 aliphatic carbocycles. The van der Waals surface area contributed by atoms with Crippen molar-refractivity contribution in [2.45, 2.75) is 43.7 Å². The summed E-state index contributed by atoms with van der Waals surface area (Å²) in [6.07, 6.45) is 6.77. The van der Waals surface area contributed by atoms with Crippen LogP contribution in [0.25, 0.3) is 0 Å². The number of hydrogen-bond donors (Lipinski definition) is 1. The first-order valence-electron chi connectivity index (χ1n) is 6.33. The van der Waals surface area contributed by atoms with Crippen molar-refractivity contribution in [3.05, 3.63) is 30.3 Å². The van der Waals surface area contributed by atoms with E-state index < -0.39 is 0 Å². The highest BCUT2D eigenvalue weighted by atomic mass is 16.5. The quantitative estimate of drug-likeness (QED) is 0.822. The Labute approximate surface area is 97.0 Å². The van der Waals surface area contributed by atoms with Gasteiger partial charge < -0.3 is 10.1 Å². The minimum atomic E-state index is 0.406. The summed E-state index contributed by atoms with van der Waals surface area (Å²) in [5, 5.41) is 3.67. The third-order valence-electron chi connectivity index (χ3n) is 3.94. The van der Waals surface area contributed by atoms with E-state index in [9.17, 15) is 0 Å². The Kier molecular flexibility index (Phi) is 2.60. The summed E-state index contributed by atoms with van der Waals surface area (Å²) in [7, 11) is 0. The van der Waals surface area contributed by atoms with Crippen molar-refractivity contribution in [1.82, 2.24) is 5.32 Å². The largest absolute Gasteiger partial charge is 0.490 e. The molecule has 3 rings (SSSR count). The SMILES string of the molecule is c1ccc(OC2CCNC3(CCC3)C2)cc1. The van der Waals surface area contributed by atoms with E-state index in [2.05, 4.69) is 17.4 Å². The van der Waals surface area contributed by atoms with Gasteiger partial charge in [-0.2, -0.15) is 0 Å². The van der Waals surface area contributed by atoms with Crippen LogP contribution in [0.4, 0.5) is 0 Å². The van der Waals surface area contributed by atoms with E-state index in [1.165, 1.54) is 25.7 Å². The molecule has 16 heavy (non-hydrogen) atoms. The van der Waals surface area contributed by atoms with Gasteiger partial charge >= 0.3 is 0 Å². The van der Waals surface area contributed by atoms with Gasteiger partial charge in [0.2, 0.25) is 0 Å². The molecule has 0 amide bonds. The van der Waals surface area contributed by atoms with Gasteiger partial charge in [0.25, 0.3) is 0 Å². The van der Waals surface area contributed by atoms with E-state index in [1.54, 1.807) is 0 Å². The summed E-state index contributed by atoms with van der Waals surface area (Å²) in [5.41, 5.74) is 0.428. The molecule has 2 aliphatic rings. The van der Waals surface area contributed by atoms with E-state index >= 15 is 0 Å². The zero-order valence-corrected chi connectivity index (χ0v) is 9.61. The summed E-state index contributed by atoms with van der Waals surface area (Å²) in [4.78, 5) is 0. The van der Waals surface area contributed by atoms with Gasteiger partial charge in [-0.05, 0) is 44.4 Å². The Morgan fingerprint density at radius 3 is 2.69 bits per heavy atom. The maximum Gasteiger partial charge on any atom is 0.119 e. The van der Waals surface area contributed by atoms with Crippen LogP contribution in [-0.4, -0.2) is 18.2 Å². The Morgan fingerprint density at radius 1 is 1.19 bits per heavy atom. The molecular formula is C14H19NO. The number of piperidine rings is 1. The van der Waals surface area contributed by atoms with Gasteiger partial charge in [-0.3, -0.25) is 0 Å². The minimum Gasteiger partial charge on any atom is -0.490 e. The standard InChI is InChI=1S/C14H19NO/c1-2-5-12(6-3-1)16-13-7-10-15-14(11-13)8-4-9-14/h1-3,5-6,13,15H,4,7-11H2. The molecule has 0 aromatic heterocycles. The van der Waals surface area contributed by atoms with E-state index in [4.69, 9.17) is 4.74 Å². The number of rotatable bonds is 2. The molecular weight excluding hydrogens is 198 g/mol. The predicted molar refractivity (Wildman–Crippen MR) is 64.7 cm³/mol. The lowest BCUT2D eigenvalue weighted by Gasteiger charge is -2.48. The number of nitrogens with one attached hydrogen (secondary N) is 1. The van der Waals surface area contributed by atoms with E-state index in [0.29, 0.717) is 11.6 Å². The van der Waals surface area contributed by atoms with Crippen LogP contribution >= 0.6 is 0 Å². The van der Waals surface area contributed by atoms with Crippen LogP contribution in [0.15, 0.2) is 30.3 Å². The maximum atomic E-state index is 6.05. The van der Waals surface area contributed by atoms with E-state index in [-0.39, 0.29) is 0 Å². The molecule has 2 fully saturated rings. The van der Waals surface area contributed by atoms with Crippen LogP contribution in [0.3, 0.4) is 0 Å². The Morgan fingerprint density at radius 2 is 2.00 bits per heavy atom. The lowest BCUT2D eigenvalue weighted by Crippen LogP contribution is -2.57. The van der Waals surface area contributed by atoms with Crippen molar-refractivity contribution in [3.63, 3.8) is 0 Å². The molecule has 1 aromatic carbocycles. The number of ether oxygens (including phenoxy) is 1. The Hall–Kier alpha value is -1.02. The van der Waals surface area contributed by atoms with Crippen molar-refractivity contribution in [2.24, 2.45) is 0 Å². The fourth-order valence-corrected chi connectivity index (χ4v) is 2.88. The van der Waals surface area contributed by atoms with Gasteiger partial charge in [0.05, 0.1) is 0 Å². The molecule has 2 heteroatoms. The normalized spacial score (nSPS) is 27.4. The van der Waals surface area contributed by atoms with Crippen molar-refractivity contribution < 1.29 is 4.74 Å². The predicted octanol–water partition coefficient (Wildman–Crippen LogP) is 2.74. The summed E-state index contributed by atoms with van der Waals surface area (Å²) in [6.45, 7) is 1.11. The molecule has 1 heterocycles. The van der Waals surface area contributed by atoms with Gasteiger partial charge in [0.15, 0.2) is 0 Å². The molecule has 1 aromatic rings. The zero-order valence-electron chi connectivity index (χ0n) is 9.61. The minimum absolute atomic E-state index is 0.406. The van der Waals surface area contributed by atoms with Gasteiger partial charge in [0, 0.05) is 12.0 Å². The molecule has 2 nitrogen and oxygen atoms in total. The lowest BCUT2D eigenvalue weighted by molar-refractivity contribution is 0.0522. The van der Waals surface area contributed by atoms with Crippen LogP contribution < -0.4 is 10.1 Å². The lowest BCUT2D eigenvalue weighted by atomic mass is 9.71. The van der Waals surface area contributed by atoms with Gasteiger partial charge in [-0.1, -0.05) is 18.2 Å². The fraction of sp³-hybridized carbons (Fsp3) is 0.571. The highest BCUT2D eigenvalue weighted by Gasteiger charge is 2.41. The molecule has 1 spiro atoms. The topological polar surface area (TPSA) is 21.3 Å². The highest BCUT2D eigenvalue weighted by molar-refractivity contribution is 5.21. The van der Waals surface area contributed by atoms with Crippen LogP contribution in [0.1, 0.15) is 32.1 Å². The Bertz CT molecular complexity index is 345. The molecule has 0 radical (unpaired) electrons. The average Bonchev–Trinajstić information content (AvgIpc) is 2.29. The van der Waals surface area contributed by atoms with Gasteiger partial charge in [-0.15, -0.1) is 0 Å². The van der Waals surface area contributed by atoms with Crippen LogP contribution in [0.5, 0.6) is 5.75 Å². The van der Waals surface area contributed by atoms with Crippen LogP contribution in [0, 0.1) is 0 Å². The van der Waals surface area contributed by atoms with Crippen LogP contribution in [0.2, 0.25) is 0 Å². The van der Waals surface area contributed by atoms with Crippen molar-refractivity contribution in [2.75, 3.05) is 6.54 Å². The molecule has 86 valence electrons. The zero-order chi connectivity index (χ0) is 10.8. The fourth-order valence-electron chi connectivity index (χ4n) is 2.88. The number of hydrogen-bond acceptors (Lipinski definition) is 2. The summed E-state index contributed by atoms with van der Waals surface area (Å²) in [5.74, 6) is 1.02. The molecule has 0 bridgehead atoms. The number of benzene rings is 1. The second-order valence-electron chi connectivity index (χ2n) is 5.11. The first-order valence-corrected chi connectivity index (χ1v) is 6.33. The molecule has 1 saturated carbocycles. The molecule has 1 N–H and O–H groups in total. The summed E-state index contributed by atoms with van der Waals surface area (Å²) < 4.78 is 6.05. The number of para-hydroxylation sites is 1. The summed E-state index contributed by atoms with van der Waals surface area (Å²) in [6, 6.07) is 10.2. The third kappa shape index (κ3) is 1.94. The second-order valence-corrected chi connectivity index (χ2v) is 5.11. The summed E-state index contributed by atoms with van der Waals surface area (Å²) >= 11 is 0. The molecule has 1 aliphatic heterocycles. The van der Waals surface area contributed by atoms with Crippen molar-refractivity contribution >= 4 is 0 Å². The monoisotopic (exact) mass is 217 g/mol. The molecule has 1 unspecified atom stereocenters. The highest BCUT2D eigenvalue weighted by Crippen LogP contribution is 2.39. The molecule has 1 atom stereocenters. The second kappa shape index (κ2) is 4.10. The smallest absolute Gasteiger partial charge is 0.119 e. The average molecular weight is 217 g/mol. The van der Waals surface area contributed by atoms with Crippen LogP contribution in [-0.2, 0) is 0 Å². The molecule has 1 saturated heterocycles. The maximum absolute atomic E-state index is 6.05. The first-order chi connectivity index (χ1) is 7.86. The van der Waals surface area contributed by atoms with Crippen molar-refractivity contribution in [1.29, 1.82) is 0 Å². The van der Waals surface area contributed by atoms with Crippen molar-refractivity contribution in [3.8, 4) is 5.75 Å². The Balaban J connectivity index is 1.63. The third-order valence-corrected chi connectivity index (χ3v) is 3.94. The van der Waals surface area contributed by atoms with Gasteiger partial charge in [-0.25, -0.2) is 0 Å². The van der Waals surface area contributed by atoms with E-state index in [0.717, 1.165) is 18.7 Å². The first kappa shape index (κ1) is 10.2.